The zero-order chi connectivity index (χ0) is 11.4. The summed E-state index contributed by atoms with van der Waals surface area (Å²) in [5.74, 6) is -1.75. The molecule has 0 heterocycles. The molecule has 5 nitrogen and oxygen atoms in total. The summed E-state index contributed by atoms with van der Waals surface area (Å²) in [6.07, 6.45) is -1.42. The summed E-state index contributed by atoms with van der Waals surface area (Å²) in [6, 6.07) is 0. The molecule has 0 bridgehead atoms. The summed E-state index contributed by atoms with van der Waals surface area (Å²) in [5, 5.41) is 8.47. The largest absolute Gasteiger partial charge is 0.481 e. The van der Waals surface area contributed by atoms with Gasteiger partial charge in [-0.05, 0) is 20.8 Å². The van der Waals surface area contributed by atoms with Crippen LogP contribution in [-0.2, 0) is 19.1 Å². The van der Waals surface area contributed by atoms with Gasteiger partial charge in [-0.25, -0.2) is 4.79 Å². The molecule has 14 heavy (non-hydrogen) atoms. The first-order valence-electron chi connectivity index (χ1n) is 4.23. The minimum atomic E-state index is -1.09. The number of hydrogen-bond acceptors (Lipinski definition) is 4. The molecule has 0 aliphatic rings. The average Bonchev–Trinajstić information content (AvgIpc) is 1.96. The third-order valence-electron chi connectivity index (χ3n) is 1.31. The van der Waals surface area contributed by atoms with E-state index in [1.54, 1.807) is 20.8 Å². The molecule has 0 aliphatic heterocycles. The van der Waals surface area contributed by atoms with Crippen molar-refractivity contribution in [2.45, 2.75) is 38.9 Å². The second kappa shape index (κ2) is 4.95. The zero-order valence-corrected chi connectivity index (χ0v) is 8.86. The molecule has 0 aromatic carbocycles. The molecule has 0 radical (unpaired) electrons. The Labute approximate surface area is 83.0 Å². The predicted octanol–water partition coefficient (Wildman–Crippen LogP) is 0.818. The molecule has 5 heteroatoms. The van der Waals surface area contributed by atoms with Crippen molar-refractivity contribution < 1.29 is 24.2 Å². The summed E-state index contributed by atoms with van der Waals surface area (Å²) in [5.41, 5.74) is -0.633. The van der Waals surface area contributed by atoms with E-state index in [4.69, 9.17) is 14.6 Å². The van der Waals surface area contributed by atoms with Crippen molar-refractivity contribution >= 4 is 11.9 Å². The molecule has 0 saturated carbocycles. The summed E-state index contributed by atoms with van der Waals surface area (Å²) >= 11 is 0. The number of ether oxygens (including phenoxy) is 2. The molecule has 0 spiro atoms. The number of hydrogen-bond donors (Lipinski definition) is 1. The monoisotopic (exact) mass is 204 g/mol. The lowest BCUT2D eigenvalue weighted by Crippen LogP contribution is -2.34. The van der Waals surface area contributed by atoms with E-state index in [1.165, 1.54) is 7.11 Å². The molecule has 82 valence electrons. The Hall–Kier alpha value is -1.10. The standard InChI is InChI=1S/C9H16O5/c1-9(2,3)14-8(12)6(13-4)5-7(10)11/h6H,5H2,1-4H3,(H,10,11). The van der Waals surface area contributed by atoms with Crippen LogP contribution in [0.25, 0.3) is 0 Å². The summed E-state index contributed by atoms with van der Waals surface area (Å²) in [4.78, 5) is 21.7. The van der Waals surface area contributed by atoms with Crippen molar-refractivity contribution in [3.63, 3.8) is 0 Å². The fourth-order valence-corrected chi connectivity index (χ4v) is 0.789. The van der Waals surface area contributed by atoms with Gasteiger partial charge in [0.1, 0.15) is 5.60 Å². The minimum Gasteiger partial charge on any atom is -0.481 e. The van der Waals surface area contributed by atoms with Crippen LogP contribution in [0.2, 0.25) is 0 Å². The number of esters is 1. The fraction of sp³-hybridized carbons (Fsp3) is 0.778. The molecule has 1 atom stereocenters. The highest BCUT2D eigenvalue weighted by Crippen LogP contribution is 2.11. The van der Waals surface area contributed by atoms with Gasteiger partial charge < -0.3 is 14.6 Å². The van der Waals surface area contributed by atoms with Gasteiger partial charge in [-0.15, -0.1) is 0 Å². The van der Waals surface area contributed by atoms with Gasteiger partial charge in [0.05, 0.1) is 6.42 Å². The van der Waals surface area contributed by atoms with E-state index in [2.05, 4.69) is 0 Å². The maximum atomic E-state index is 11.3. The Morgan fingerprint density at radius 2 is 1.86 bits per heavy atom. The lowest BCUT2D eigenvalue weighted by molar-refractivity contribution is -0.170. The molecule has 0 amide bonds. The SMILES string of the molecule is COC(CC(=O)O)C(=O)OC(C)(C)C. The number of methoxy groups -OCH3 is 1. The highest BCUT2D eigenvalue weighted by atomic mass is 16.6. The van der Waals surface area contributed by atoms with Crippen LogP contribution in [0.3, 0.4) is 0 Å². The molecule has 0 aromatic heterocycles. The predicted molar refractivity (Wildman–Crippen MR) is 48.9 cm³/mol. The van der Waals surface area contributed by atoms with Gasteiger partial charge in [-0.1, -0.05) is 0 Å². The third kappa shape index (κ3) is 5.53. The third-order valence-corrected chi connectivity index (χ3v) is 1.31. The average molecular weight is 204 g/mol. The van der Waals surface area contributed by atoms with Crippen LogP contribution in [0, 0.1) is 0 Å². The van der Waals surface area contributed by atoms with E-state index in [-0.39, 0.29) is 6.42 Å². The van der Waals surface area contributed by atoms with Crippen LogP contribution in [0.15, 0.2) is 0 Å². The maximum absolute atomic E-state index is 11.3. The van der Waals surface area contributed by atoms with Crippen molar-refractivity contribution in [1.29, 1.82) is 0 Å². The zero-order valence-electron chi connectivity index (χ0n) is 8.86. The Kier molecular flexibility index (Phi) is 4.56. The smallest absolute Gasteiger partial charge is 0.336 e. The number of carbonyl (C=O) groups is 2. The second-order valence-electron chi connectivity index (χ2n) is 3.86. The Balaban J connectivity index is 4.25. The Morgan fingerprint density at radius 3 is 2.14 bits per heavy atom. The second-order valence-corrected chi connectivity index (χ2v) is 3.86. The van der Waals surface area contributed by atoms with Crippen LogP contribution < -0.4 is 0 Å². The van der Waals surface area contributed by atoms with Crippen molar-refractivity contribution in [2.24, 2.45) is 0 Å². The van der Waals surface area contributed by atoms with Gasteiger partial charge in [-0.3, -0.25) is 4.79 Å². The molecular formula is C9H16O5. The van der Waals surface area contributed by atoms with Gasteiger partial charge >= 0.3 is 11.9 Å². The van der Waals surface area contributed by atoms with Gasteiger partial charge in [0, 0.05) is 7.11 Å². The topological polar surface area (TPSA) is 72.8 Å². The van der Waals surface area contributed by atoms with Gasteiger partial charge in [-0.2, -0.15) is 0 Å². The molecule has 1 unspecified atom stereocenters. The molecule has 0 saturated heterocycles. The molecule has 1 N–H and O–H groups in total. The molecule has 0 aliphatic carbocycles. The van der Waals surface area contributed by atoms with Crippen LogP contribution >= 0.6 is 0 Å². The van der Waals surface area contributed by atoms with Gasteiger partial charge in [0.15, 0.2) is 6.10 Å². The normalized spacial score (nSPS) is 13.4. The van der Waals surface area contributed by atoms with E-state index in [0.29, 0.717) is 0 Å². The lowest BCUT2D eigenvalue weighted by Gasteiger charge is -2.22. The molecule has 0 fully saturated rings. The summed E-state index contributed by atoms with van der Waals surface area (Å²) < 4.78 is 9.68. The number of aliphatic carboxylic acids is 1. The highest BCUT2D eigenvalue weighted by molar-refractivity contribution is 5.81. The Bertz CT molecular complexity index is 216. The quantitative estimate of drug-likeness (QED) is 0.686. The van der Waals surface area contributed by atoms with E-state index in [0.717, 1.165) is 0 Å². The van der Waals surface area contributed by atoms with Crippen LogP contribution in [0.4, 0.5) is 0 Å². The maximum Gasteiger partial charge on any atom is 0.336 e. The minimum absolute atomic E-state index is 0.384. The van der Waals surface area contributed by atoms with Gasteiger partial charge in [0.25, 0.3) is 0 Å². The van der Waals surface area contributed by atoms with Crippen LogP contribution in [-0.4, -0.2) is 35.9 Å². The highest BCUT2D eigenvalue weighted by Gasteiger charge is 2.26. The molecular weight excluding hydrogens is 188 g/mol. The number of carboxylic acid groups (broad SMARTS) is 1. The Morgan fingerprint density at radius 1 is 1.36 bits per heavy atom. The summed E-state index contributed by atoms with van der Waals surface area (Å²) in [6.45, 7) is 5.12. The number of carboxylic acids is 1. The molecule has 0 rings (SSSR count). The van der Waals surface area contributed by atoms with E-state index < -0.39 is 23.6 Å². The van der Waals surface area contributed by atoms with Crippen molar-refractivity contribution in [1.82, 2.24) is 0 Å². The first kappa shape index (κ1) is 12.9. The number of rotatable bonds is 4. The van der Waals surface area contributed by atoms with Crippen LogP contribution in [0.1, 0.15) is 27.2 Å². The van der Waals surface area contributed by atoms with E-state index in [1.807, 2.05) is 0 Å². The molecule has 0 aromatic rings. The van der Waals surface area contributed by atoms with Crippen molar-refractivity contribution in [3.8, 4) is 0 Å². The van der Waals surface area contributed by atoms with Crippen LogP contribution in [0.5, 0.6) is 0 Å². The van der Waals surface area contributed by atoms with Crippen molar-refractivity contribution in [2.75, 3.05) is 7.11 Å². The summed E-state index contributed by atoms with van der Waals surface area (Å²) in [7, 11) is 1.28. The van der Waals surface area contributed by atoms with Crippen molar-refractivity contribution in [3.05, 3.63) is 0 Å². The van der Waals surface area contributed by atoms with E-state index >= 15 is 0 Å². The first-order valence-corrected chi connectivity index (χ1v) is 4.23. The van der Waals surface area contributed by atoms with E-state index in [9.17, 15) is 9.59 Å². The van der Waals surface area contributed by atoms with Gasteiger partial charge in [0.2, 0.25) is 0 Å². The first-order chi connectivity index (χ1) is 6.26. The fourth-order valence-electron chi connectivity index (χ4n) is 0.789. The lowest BCUT2D eigenvalue weighted by atomic mass is 10.2. The number of carbonyl (C=O) groups excluding carboxylic acids is 1.